The lowest BCUT2D eigenvalue weighted by Gasteiger charge is -2.12. The Hall–Kier alpha value is -10.1. The monoisotopic (exact) mass is 936 g/mol. The lowest BCUT2D eigenvalue weighted by Crippen LogP contribution is -2.06. The van der Waals surface area contributed by atoms with Gasteiger partial charge in [-0.25, -0.2) is 15.0 Å². The van der Waals surface area contributed by atoms with Crippen LogP contribution < -0.4 is 0 Å². The fourth-order valence-electron chi connectivity index (χ4n) is 9.81. The van der Waals surface area contributed by atoms with E-state index in [1.807, 2.05) is 48.5 Å². The highest BCUT2D eigenvalue weighted by Crippen LogP contribution is 2.38. The van der Waals surface area contributed by atoms with Crippen LogP contribution in [0.4, 0.5) is 0 Å². The molecule has 4 aromatic heterocycles. The van der Waals surface area contributed by atoms with E-state index in [1.54, 1.807) is 0 Å². The summed E-state index contributed by atoms with van der Waals surface area (Å²) in [5.74, 6) is 2.85. The van der Waals surface area contributed by atoms with Gasteiger partial charge in [0.15, 0.2) is 22.8 Å². The van der Waals surface area contributed by atoms with Crippen LogP contribution in [0.3, 0.4) is 0 Å². The first kappa shape index (κ1) is 41.9. The van der Waals surface area contributed by atoms with Gasteiger partial charge < -0.3 is 8.83 Å². The summed E-state index contributed by atoms with van der Waals surface area (Å²) >= 11 is 0. The summed E-state index contributed by atoms with van der Waals surface area (Å²) in [6.07, 6.45) is 0. The van der Waals surface area contributed by atoms with E-state index in [9.17, 15) is 0 Å². The molecule has 342 valence electrons. The lowest BCUT2D eigenvalue weighted by molar-refractivity contribution is 0.619. The molecule has 0 atom stereocenters. The molecule has 0 radical (unpaired) electrons. The molecule has 0 bridgehead atoms. The Balaban J connectivity index is 0.868. The van der Waals surface area contributed by atoms with Gasteiger partial charge in [0.05, 0.1) is 11.0 Å². The van der Waals surface area contributed by atoms with E-state index in [1.165, 1.54) is 0 Å². The number of nitrogens with zero attached hydrogens (tertiary/aromatic N) is 6. The van der Waals surface area contributed by atoms with E-state index in [4.69, 9.17) is 33.8 Å². The molecule has 0 saturated heterocycles. The van der Waals surface area contributed by atoms with Crippen molar-refractivity contribution in [2.75, 3.05) is 0 Å². The third-order valence-corrected chi connectivity index (χ3v) is 13.6. The molecule has 0 saturated carbocycles. The number of fused-ring (bicyclic) bond motifs is 5. The third-order valence-electron chi connectivity index (χ3n) is 13.6. The van der Waals surface area contributed by atoms with E-state index in [0.717, 1.165) is 111 Å². The predicted octanol–water partition coefficient (Wildman–Crippen LogP) is 16.6. The number of para-hydroxylation sites is 4. The molecule has 0 N–H and O–H groups in total. The minimum atomic E-state index is 0.526. The number of rotatable bonds is 9. The average molecular weight is 937 g/mol. The van der Waals surface area contributed by atoms with E-state index >= 15 is 0 Å². The molecule has 73 heavy (non-hydrogen) atoms. The summed E-state index contributed by atoms with van der Waals surface area (Å²) in [6.45, 7) is 0. The van der Waals surface area contributed by atoms with Crippen LogP contribution in [-0.4, -0.2) is 29.5 Å². The molecule has 0 aliphatic rings. The molecule has 0 unspecified atom stereocenters. The van der Waals surface area contributed by atoms with Gasteiger partial charge in [-0.3, -0.25) is 4.57 Å². The van der Waals surface area contributed by atoms with Gasteiger partial charge in [0.25, 0.3) is 0 Å². The molecule has 0 amide bonds. The van der Waals surface area contributed by atoms with Crippen LogP contribution in [0, 0.1) is 0 Å². The molecule has 0 aliphatic heterocycles. The SMILES string of the molecule is c1ccc(-c2ccc3c(c2)c2cc(-c4ccccc4)ccc2n3-c2nc(-c3ccc(-c4ccc(-c5nc6ccccc6o5)cc4)cc3)nc(-c3ccc(-c4ccc(-c5nc6ccccc6o5)cc4)cc3)n2)cc1. The van der Waals surface area contributed by atoms with Crippen molar-refractivity contribution < 1.29 is 8.83 Å². The van der Waals surface area contributed by atoms with Crippen molar-refractivity contribution in [3.63, 3.8) is 0 Å². The summed E-state index contributed by atoms with van der Waals surface area (Å²) in [6, 6.07) is 83.5. The molecular weight excluding hydrogens is 897 g/mol. The Bertz CT molecular complexity index is 3990. The molecule has 14 rings (SSSR count). The van der Waals surface area contributed by atoms with Gasteiger partial charge in [-0.1, -0.05) is 170 Å². The van der Waals surface area contributed by atoms with Gasteiger partial charge in [-0.15, -0.1) is 0 Å². The Kier molecular flexibility index (Phi) is 9.99. The zero-order valence-corrected chi connectivity index (χ0v) is 39.1. The number of hydrogen-bond donors (Lipinski definition) is 0. The van der Waals surface area contributed by atoms with Gasteiger partial charge >= 0.3 is 0 Å². The van der Waals surface area contributed by atoms with Gasteiger partial charge in [0.1, 0.15) is 11.0 Å². The minimum absolute atomic E-state index is 0.526. The topological polar surface area (TPSA) is 95.7 Å². The first-order chi connectivity index (χ1) is 36.1. The van der Waals surface area contributed by atoms with Crippen molar-refractivity contribution in [1.29, 1.82) is 0 Å². The predicted molar refractivity (Wildman–Crippen MR) is 293 cm³/mol. The Morgan fingerprint density at radius 2 is 0.589 bits per heavy atom. The highest BCUT2D eigenvalue weighted by molar-refractivity contribution is 6.11. The molecule has 4 heterocycles. The van der Waals surface area contributed by atoms with Crippen LogP contribution in [0.1, 0.15) is 0 Å². The van der Waals surface area contributed by atoms with Crippen molar-refractivity contribution in [1.82, 2.24) is 29.5 Å². The normalized spacial score (nSPS) is 11.6. The molecule has 14 aromatic rings. The van der Waals surface area contributed by atoms with Gasteiger partial charge in [0.2, 0.25) is 17.7 Å². The summed E-state index contributed by atoms with van der Waals surface area (Å²) in [5.41, 5.74) is 17.6. The number of aromatic nitrogens is 6. The maximum absolute atomic E-state index is 6.05. The highest BCUT2D eigenvalue weighted by Gasteiger charge is 2.20. The minimum Gasteiger partial charge on any atom is -0.436 e. The maximum Gasteiger partial charge on any atom is 0.238 e. The van der Waals surface area contributed by atoms with Gasteiger partial charge in [0, 0.05) is 33.0 Å². The highest BCUT2D eigenvalue weighted by atomic mass is 16.4. The molecule has 0 aliphatic carbocycles. The van der Waals surface area contributed by atoms with E-state index in [-0.39, 0.29) is 0 Å². The standard InChI is InChI=1S/C65H40N6O2/c1-3-11-41(12-4-1)51-35-37-57-53(39-51)54-40-52(42-13-5-2-6-14-42)36-38-58(54)71(57)65-69-61(47-27-19-43(20-28-47)45-23-31-49(32-24-45)63-66-55-15-7-9-17-59(55)72-63)68-62(70-65)48-29-21-44(22-30-48)46-25-33-50(34-26-46)64-67-56-16-8-10-18-60(56)73-64/h1-40H. The quantitative estimate of drug-likeness (QED) is 0.142. The molecule has 8 heteroatoms. The molecule has 10 aromatic carbocycles. The zero-order valence-electron chi connectivity index (χ0n) is 39.1. The number of hydrogen-bond acceptors (Lipinski definition) is 7. The van der Waals surface area contributed by atoms with Crippen molar-refractivity contribution in [2.45, 2.75) is 0 Å². The lowest BCUT2D eigenvalue weighted by atomic mass is 10.0. The second-order valence-corrected chi connectivity index (χ2v) is 18.1. The van der Waals surface area contributed by atoms with Crippen LogP contribution >= 0.6 is 0 Å². The Labute approximate surface area is 419 Å². The largest absolute Gasteiger partial charge is 0.436 e. The van der Waals surface area contributed by atoms with Crippen molar-refractivity contribution in [3.8, 4) is 96.1 Å². The first-order valence-electron chi connectivity index (χ1n) is 24.2. The second kappa shape index (κ2) is 17.4. The number of oxazole rings is 2. The van der Waals surface area contributed by atoms with E-state index < -0.39 is 0 Å². The summed E-state index contributed by atoms with van der Waals surface area (Å²) < 4.78 is 14.3. The Morgan fingerprint density at radius 1 is 0.260 bits per heavy atom. The van der Waals surface area contributed by atoms with Crippen LogP contribution in [0.2, 0.25) is 0 Å². The summed E-state index contributed by atoms with van der Waals surface area (Å²) in [4.78, 5) is 25.2. The molecule has 0 spiro atoms. The van der Waals surface area contributed by atoms with Crippen molar-refractivity contribution in [2.24, 2.45) is 0 Å². The number of benzene rings is 10. The molecule has 0 fully saturated rings. The smallest absolute Gasteiger partial charge is 0.238 e. The average Bonchev–Trinajstić information content (AvgIpc) is 4.20. The summed E-state index contributed by atoms with van der Waals surface area (Å²) in [5, 5.41) is 2.21. The zero-order chi connectivity index (χ0) is 48.2. The van der Waals surface area contributed by atoms with Crippen molar-refractivity contribution >= 4 is 44.0 Å². The van der Waals surface area contributed by atoms with Gasteiger partial charge in [-0.2, -0.15) is 9.97 Å². The fraction of sp³-hybridized carbons (Fsp3) is 0. The third kappa shape index (κ3) is 7.71. The van der Waals surface area contributed by atoms with Crippen molar-refractivity contribution in [3.05, 3.63) is 243 Å². The van der Waals surface area contributed by atoms with Crippen LogP contribution in [0.15, 0.2) is 251 Å². The van der Waals surface area contributed by atoms with E-state index in [2.05, 4.69) is 199 Å². The second-order valence-electron chi connectivity index (χ2n) is 18.1. The Morgan fingerprint density at radius 3 is 0.986 bits per heavy atom. The van der Waals surface area contributed by atoms with Crippen LogP contribution in [0.5, 0.6) is 0 Å². The fourth-order valence-corrected chi connectivity index (χ4v) is 9.81. The van der Waals surface area contributed by atoms with E-state index in [0.29, 0.717) is 29.4 Å². The van der Waals surface area contributed by atoms with Crippen LogP contribution in [0.25, 0.3) is 140 Å². The first-order valence-corrected chi connectivity index (χ1v) is 24.2. The maximum atomic E-state index is 6.05. The molecular formula is C65H40N6O2. The molecule has 8 nitrogen and oxygen atoms in total. The van der Waals surface area contributed by atoms with Gasteiger partial charge in [-0.05, 0) is 117 Å². The van der Waals surface area contributed by atoms with Crippen LogP contribution in [-0.2, 0) is 0 Å². The summed E-state index contributed by atoms with van der Waals surface area (Å²) in [7, 11) is 0.